The molecule has 0 spiro atoms. The Morgan fingerprint density at radius 3 is 2.65 bits per heavy atom. The zero-order chi connectivity index (χ0) is 16.2. The third-order valence-electron chi connectivity index (χ3n) is 3.47. The second-order valence-electron chi connectivity index (χ2n) is 5.17. The van der Waals surface area contributed by atoms with Gasteiger partial charge >= 0.3 is 0 Å². The van der Waals surface area contributed by atoms with Crippen molar-refractivity contribution in [2.75, 3.05) is 5.32 Å². The van der Waals surface area contributed by atoms with E-state index in [1.54, 1.807) is 18.3 Å². The summed E-state index contributed by atoms with van der Waals surface area (Å²) in [5.41, 5.74) is 7.08. The third kappa shape index (κ3) is 3.76. The van der Waals surface area contributed by atoms with Crippen LogP contribution in [0.25, 0.3) is 10.9 Å². The highest BCUT2D eigenvalue weighted by atomic mass is 35.5. The number of nitrogens with two attached hydrogens (primary N) is 1. The van der Waals surface area contributed by atoms with Crippen molar-refractivity contribution in [2.24, 2.45) is 5.73 Å². The first-order chi connectivity index (χ1) is 11.1. The van der Waals surface area contributed by atoms with E-state index in [4.69, 9.17) is 17.3 Å². The van der Waals surface area contributed by atoms with E-state index in [1.165, 1.54) is 0 Å². The standard InChI is InChI=1S/C17H15ClN4O/c18-13-7-5-11(6-8-13)15(9-16(19)23)22-17-20-10-12-3-1-2-4-14(12)21-17/h1-8,10,15H,9H2,(H2,19,23)(H,20,21,22)/t15-/m1/s1. The van der Waals surface area contributed by atoms with Gasteiger partial charge in [0, 0.05) is 16.6 Å². The number of hydrogen-bond donors (Lipinski definition) is 2. The molecular formula is C17H15ClN4O. The number of primary amides is 1. The molecule has 0 radical (unpaired) electrons. The summed E-state index contributed by atoms with van der Waals surface area (Å²) in [4.78, 5) is 20.1. The zero-order valence-electron chi connectivity index (χ0n) is 12.2. The summed E-state index contributed by atoms with van der Waals surface area (Å²) < 4.78 is 0. The van der Waals surface area contributed by atoms with E-state index in [2.05, 4.69) is 15.3 Å². The van der Waals surface area contributed by atoms with Crippen LogP contribution in [0, 0.1) is 0 Å². The maximum Gasteiger partial charge on any atom is 0.223 e. The average Bonchev–Trinajstić information content (AvgIpc) is 2.54. The molecule has 0 aliphatic heterocycles. The molecule has 0 fully saturated rings. The lowest BCUT2D eigenvalue weighted by Crippen LogP contribution is -2.21. The molecule has 5 nitrogen and oxygen atoms in total. The Balaban J connectivity index is 1.89. The van der Waals surface area contributed by atoms with Crippen LogP contribution in [0.1, 0.15) is 18.0 Å². The fourth-order valence-corrected chi connectivity index (χ4v) is 2.47. The molecule has 0 aliphatic carbocycles. The Labute approximate surface area is 138 Å². The number of rotatable bonds is 5. The van der Waals surface area contributed by atoms with E-state index >= 15 is 0 Å². The summed E-state index contributed by atoms with van der Waals surface area (Å²) in [6.07, 6.45) is 1.88. The quantitative estimate of drug-likeness (QED) is 0.753. The first kappa shape index (κ1) is 15.2. The van der Waals surface area contributed by atoms with E-state index in [0.717, 1.165) is 16.5 Å². The first-order valence-electron chi connectivity index (χ1n) is 7.14. The topological polar surface area (TPSA) is 80.9 Å². The number of amides is 1. The van der Waals surface area contributed by atoms with Crippen LogP contribution in [-0.2, 0) is 4.79 Å². The third-order valence-corrected chi connectivity index (χ3v) is 3.72. The molecule has 3 rings (SSSR count). The molecule has 1 atom stereocenters. The smallest absolute Gasteiger partial charge is 0.223 e. The van der Waals surface area contributed by atoms with Gasteiger partial charge in [-0.25, -0.2) is 9.97 Å². The predicted molar refractivity (Wildman–Crippen MR) is 91.2 cm³/mol. The largest absolute Gasteiger partial charge is 0.370 e. The SMILES string of the molecule is NC(=O)C[C@@H](Nc1ncc2ccccc2n1)c1ccc(Cl)cc1. The van der Waals surface area contributed by atoms with Crippen molar-refractivity contribution < 1.29 is 4.79 Å². The molecule has 6 heteroatoms. The van der Waals surface area contributed by atoms with Crippen LogP contribution in [0.15, 0.2) is 54.7 Å². The molecule has 1 heterocycles. The Morgan fingerprint density at radius 1 is 1.17 bits per heavy atom. The van der Waals surface area contributed by atoms with Crippen LogP contribution in [0.3, 0.4) is 0 Å². The van der Waals surface area contributed by atoms with Crippen molar-refractivity contribution in [3.05, 3.63) is 65.3 Å². The van der Waals surface area contributed by atoms with E-state index in [9.17, 15) is 4.79 Å². The highest BCUT2D eigenvalue weighted by Crippen LogP contribution is 2.23. The van der Waals surface area contributed by atoms with Crippen LogP contribution in [0.2, 0.25) is 5.02 Å². The van der Waals surface area contributed by atoms with E-state index in [1.807, 2.05) is 36.4 Å². The number of para-hydroxylation sites is 1. The van der Waals surface area contributed by atoms with Crippen LogP contribution >= 0.6 is 11.6 Å². The number of carbonyl (C=O) groups is 1. The maximum absolute atomic E-state index is 11.4. The number of aromatic nitrogens is 2. The van der Waals surface area contributed by atoms with Gasteiger partial charge in [-0.1, -0.05) is 41.9 Å². The second-order valence-corrected chi connectivity index (χ2v) is 5.61. The van der Waals surface area contributed by atoms with Gasteiger partial charge < -0.3 is 11.1 Å². The Kier molecular flexibility index (Phi) is 4.39. The molecule has 0 unspecified atom stereocenters. The summed E-state index contributed by atoms with van der Waals surface area (Å²) in [6, 6.07) is 14.6. The minimum absolute atomic E-state index is 0.137. The summed E-state index contributed by atoms with van der Waals surface area (Å²) in [6.45, 7) is 0. The highest BCUT2D eigenvalue weighted by molar-refractivity contribution is 6.30. The molecule has 1 aromatic heterocycles. The van der Waals surface area contributed by atoms with E-state index in [-0.39, 0.29) is 12.5 Å². The van der Waals surface area contributed by atoms with Crippen molar-refractivity contribution >= 4 is 34.4 Å². The van der Waals surface area contributed by atoms with Crippen molar-refractivity contribution in [3.8, 4) is 0 Å². The van der Waals surface area contributed by atoms with Crippen LogP contribution in [0.5, 0.6) is 0 Å². The van der Waals surface area contributed by atoms with Gasteiger partial charge in [-0.2, -0.15) is 0 Å². The number of carbonyl (C=O) groups excluding carboxylic acids is 1. The summed E-state index contributed by atoms with van der Waals surface area (Å²) in [7, 11) is 0. The molecule has 2 aromatic carbocycles. The molecule has 0 saturated heterocycles. The van der Waals surface area contributed by atoms with Crippen molar-refractivity contribution in [1.29, 1.82) is 0 Å². The molecule has 0 bridgehead atoms. The van der Waals surface area contributed by atoms with Gasteiger partial charge in [-0.3, -0.25) is 4.79 Å². The van der Waals surface area contributed by atoms with Crippen molar-refractivity contribution in [3.63, 3.8) is 0 Å². The number of hydrogen-bond acceptors (Lipinski definition) is 4. The van der Waals surface area contributed by atoms with Crippen LogP contribution in [-0.4, -0.2) is 15.9 Å². The number of nitrogens with zero attached hydrogens (tertiary/aromatic N) is 2. The van der Waals surface area contributed by atoms with Gasteiger partial charge in [0.1, 0.15) is 0 Å². The molecule has 0 saturated carbocycles. The van der Waals surface area contributed by atoms with Gasteiger partial charge in [0.25, 0.3) is 0 Å². The van der Waals surface area contributed by atoms with Crippen molar-refractivity contribution in [1.82, 2.24) is 9.97 Å². The molecular weight excluding hydrogens is 312 g/mol. The van der Waals surface area contributed by atoms with E-state index < -0.39 is 5.91 Å². The van der Waals surface area contributed by atoms with Crippen LogP contribution in [0.4, 0.5) is 5.95 Å². The lowest BCUT2D eigenvalue weighted by atomic mass is 10.0. The van der Waals surface area contributed by atoms with Crippen LogP contribution < -0.4 is 11.1 Å². The number of anilines is 1. The van der Waals surface area contributed by atoms with Gasteiger partial charge in [0.2, 0.25) is 11.9 Å². The van der Waals surface area contributed by atoms with Gasteiger partial charge in [0.05, 0.1) is 18.0 Å². The number of halogens is 1. The van der Waals surface area contributed by atoms with E-state index in [0.29, 0.717) is 11.0 Å². The normalized spacial score (nSPS) is 12.0. The molecule has 3 N–H and O–H groups in total. The lowest BCUT2D eigenvalue weighted by Gasteiger charge is -2.18. The van der Waals surface area contributed by atoms with Gasteiger partial charge in [-0.15, -0.1) is 0 Å². The molecule has 3 aromatic rings. The highest BCUT2D eigenvalue weighted by Gasteiger charge is 2.16. The first-order valence-corrected chi connectivity index (χ1v) is 7.52. The maximum atomic E-state index is 11.4. The Morgan fingerprint density at radius 2 is 1.91 bits per heavy atom. The Hall–Kier alpha value is -2.66. The Bertz CT molecular complexity index is 835. The summed E-state index contributed by atoms with van der Waals surface area (Å²) in [5, 5.41) is 4.76. The fraction of sp³-hybridized carbons (Fsp3) is 0.118. The monoisotopic (exact) mass is 326 g/mol. The zero-order valence-corrected chi connectivity index (χ0v) is 13.0. The predicted octanol–water partition coefficient (Wildman–Crippen LogP) is 3.31. The van der Waals surface area contributed by atoms with Gasteiger partial charge in [-0.05, 0) is 23.8 Å². The molecule has 23 heavy (non-hydrogen) atoms. The minimum Gasteiger partial charge on any atom is -0.370 e. The summed E-state index contributed by atoms with van der Waals surface area (Å²) >= 11 is 5.91. The van der Waals surface area contributed by atoms with Gasteiger partial charge in [0.15, 0.2) is 0 Å². The molecule has 0 aliphatic rings. The minimum atomic E-state index is -0.404. The number of benzene rings is 2. The fourth-order valence-electron chi connectivity index (χ4n) is 2.35. The number of nitrogens with one attached hydrogen (secondary N) is 1. The summed E-state index contributed by atoms with van der Waals surface area (Å²) in [5.74, 6) is 0.0446. The molecule has 116 valence electrons. The lowest BCUT2D eigenvalue weighted by molar-refractivity contribution is -0.118. The van der Waals surface area contributed by atoms with Crippen molar-refractivity contribution in [2.45, 2.75) is 12.5 Å². The molecule has 1 amide bonds. The average molecular weight is 327 g/mol. The second kappa shape index (κ2) is 6.62. The number of fused-ring (bicyclic) bond motifs is 1.